The Balaban J connectivity index is 1.61. The highest BCUT2D eigenvalue weighted by Gasteiger charge is 2.19. The van der Waals surface area contributed by atoms with Gasteiger partial charge in [-0.2, -0.15) is 0 Å². The molecule has 3 N–H and O–H groups in total. The van der Waals surface area contributed by atoms with E-state index in [0.717, 1.165) is 5.56 Å². The van der Waals surface area contributed by atoms with Crippen molar-refractivity contribution in [1.82, 2.24) is 25.0 Å². The summed E-state index contributed by atoms with van der Waals surface area (Å²) in [4.78, 5) is 22.0. The number of fused-ring (bicyclic) bond motifs is 1. The number of nitrogens with zero attached hydrogens (tertiary/aromatic N) is 5. The number of nitrogens with one attached hydrogen (secondary N) is 1. The summed E-state index contributed by atoms with van der Waals surface area (Å²) in [6.45, 7) is 0.122. The topological polar surface area (TPSA) is 112 Å². The fourth-order valence-corrected chi connectivity index (χ4v) is 3.41. The summed E-state index contributed by atoms with van der Waals surface area (Å²) in [6, 6.07) is 22.4. The van der Waals surface area contributed by atoms with Crippen molar-refractivity contribution in [3.63, 3.8) is 0 Å². The number of hydrogen-bond donors (Lipinski definition) is 2. The van der Waals surface area contributed by atoms with Gasteiger partial charge in [0.2, 0.25) is 0 Å². The van der Waals surface area contributed by atoms with Gasteiger partial charge in [0.25, 0.3) is 5.91 Å². The van der Waals surface area contributed by atoms with Gasteiger partial charge in [-0.15, -0.1) is 5.10 Å². The smallest absolute Gasteiger partial charge is 0.256 e. The molecule has 5 rings (SSSR count). The Hall–Kier alpha value is -4.66. The average molecular weight is 439 g/mol. The largest absolute Gasteiger partial charge is 0.399 e. The Morgan fingerprint density at radius 3 is 2.55 bits per heavy atom. The van der Waals surface area contributed by atoms with E-state index >= 15 is 0 Å². The molecule has 0 radical (unpaired) electrons. The number of amides is 1. The summed E-state index contributed by atoms with van der Waals surface area (Å²) >= 11 is 0. The maximum atomic E-state index is 14.2. The van der Waals surface area contributed by atoms with E-state index in [1.165, 1.54) is 10.7 Å². The molecule has 1 amide bonds. The normalized spacial score (nSPS) is 10.9. The average Bonchev–Trinajstić information content (AvgIpc) is 3.24. The van der Waals surface area contributed by atoms with Gasteiger partial charge >= 0.3 is 0 Å². The van der Waals surface area contributed by atoms with Crippen LogP contribution >= 0.6 is 0 Å². The lowest BCUT2D eigenvalue weighted by atomic mass is 10.2. The van der Waals surface area contributed by atoms with Crippen molar-refractivity contribution in [2.45, 2.75) is 6.54 Å². The quantitative estimate of drug-likeness (QED) is 0.402. The van der Waals surface area contributed by atoms with Crippen LogP contribution in [0, 0.1) is 5.82 Å². The third kappa shape index (κ3) is 4.11. The van der Waals surface area contributed by atoms with Crippen molar-refractivity contribution in [1.29, 1.82) is 0 Å². The van der Waals surface area contributed by atoms with Crippen LogP contribution in [0.25, 0.3) is 22.6 Å². The number of rotatable bonds is 5. The highest BCUT2D eigenvalue weighted by molar-refractivity contribution is 6.07. The molecule has 0 atom stereocenters. The molecule has 0 aliphatic carbocycles. The van der Waals surface area contributed by atoms with Gasteiger partial charge in [0.15, 0.2) is 22.8 Å². The monoisotopic (exact) mass is 439 g/mol. The van der Waals surface area contributed by atoms with Crippen LogP contribution in [0.2, 0.25) is 0 Å². The van der Waals surface area contributed by atoms with Crippen LogP contribution in [0.15, 0.2) is 78.9 Å². The number of nitrogens with two attached hydrogens (primary N) is 1. The zero-order chi connectivity index (χ0) is 22.8. The summed E-state index contributed by atoms with van der Waals surface area (Å²) in [5, 5.41) is 11.1. The van der Waals surface area contributed by atoms with E-state index in [9.17, 15) is 9.18 Å². The highest BCUT2D eigenvalue weighted by atomic mass is 19.1. The highest BCUT2D eigenvalue weighted by Crippen LogP contribution is 2.25. The summed E-state index contributed by atoms with van der Waals surface area (Å²) in [5.41, 5.74) is 8.50. The summed E-state index contributed by atoms with van der Waals surface area (Å²) in [5.74, 6) is -0.173. The first-order valence-electron chi connectivity index (χ1n) is 10.2. The molecule has 9 heteroatoms. The van der Waals surface area contributed by atoms with Crippen LogP contribution in [0.3, 0.4) is 0 Å². The fourth-order valence-electron chi connectivity index (χ4n) is 3.41. The predicted molar refractivity (Wildman–Crippen MR) is 123 cm³/mol. The van der Waals surface area contributed by atoms with Gasteiger partial charge in [0.05, 0.1) is 6.54 Å². The zero-order valence-electron chi connectivity index (χ0n) is 17.3. The molecule has 0 unspecified atom stereocenters. The van der Waals surface area contributed by atoms with Gasteiger partial charge in [-0.25, -0.2) is 19.0 Å². The number of halogens is 1. The van der Waals surface area contributed by atoms with Gasteiger partial charge in [-0.05, 0) is 24.3 Å². The number of anilines is 2. The van der Waals surface area contributed by atoms with Gasteiger partial charge in [-0.3, -0.25) is 4.79 Å². The second-order valence-corrected chi connectivity index (χ2v) is 7.35. The minimum absolute atomic E-state index is 0.122. The summed E-state index contributed by atoms with van der Waals surface area (Å²) in [7, 11) is 0. The molecule has 2 heterocycles. The van der Waals surface area contributed by atoms with E-state index < -0.39 is 5.91 Å². The molecule has 5 aromatic rings. The Labute approximate surface area is 187 Å². The molecule has 162 valence electrons. The molecule has 0 spiro atoms. The van der Waals surface area contributed by atoms with E-state index in [1.807, 2.05) is 30.3 Å². The van der Waals surface area contributed by atoms with Crippen molar-refractivity contribution in [3.8, 4) is 11.4 Å². The molecule has 33 heavy (non-hydrogen) atoms. The minimum atomic E-state index is -0.398. The Morgan fingerprint density at radius 1 is 0.970 bits per heavy atom. The molecular weight excluding hydrogens is 421 g/mol. The number of nitrogen functional groups attached to an aromatic ring is 1. The lowest BCUT2D eigenvalue weighted by Crippen LogP contribution is -2.14. The third-order valence-corrected chi connectivity index (χ3v) is 5.05. The summed E-state index contributed by atoms with van der Waals surface area (Å²) < 4.78 is 15.7. The lowest BCUT2D eigenvalue weighted by Gasteiger charge is -2.09. The third-order valence-electron chi connectivity index (χ3n) is 5.05. The second kappa shape index (κ2) is 8.46. The Bertz CT molecular complexity index is 1470. The molecule has 0 saturated carbocycles. The maximum absolute atomic E-state index is 14.2. The SMILES string of the molecule is Nc1cccc(C(=O)Nc2nc(-c3ccccc3)nc3c2nnn3Cc2ccccc2F)c1. The van der Waals surface area contributed by atoms with Crippen LogP contribution in [-0.4, -0.2) is 30.9 Å². The molecule has 2 aromatic heterocycles. The minimum Gasteiger partial charge on any atom is -0.399 e. The standard InChI is InChI=1S/C24H18FN7O/c25-19-12-5-4-9-17(19)14-32-23-20(30-31-32)22(27-21(28-23)15-7-2-1-3-8-15)29-24(33)16-10-6-11-18(26)13-16/h1-13H,14,26H2,(H,27,28,29,33). The molecule has 3 aromatic carbocycles. The number of benzene rings is 3. The van der Waals surface area contributed by atoms with Crippen molar-refractivity contribution < 1.29 is 9.18 Å². The van der Waals surface area contributed by atoms with Crippen LogP contribution in [0.1, 0.15) is 15.9 Å². The Morgan fingerprint density at radius 2 is 1.76 bits per heavy atom. The molecule has 8 nitrogen and oxygen atoms in total. The van der Waals surface area contributed by atoms with Crippen molar-refractivity contribution in [2.75, 3.05) is 11.1 Å². The molecule has 0 aliphatic heterocycles. The fraction of sp³-hybridized carbons (Fsp3) is 0.0417. The maximum Gasteiger partial charge on any atom is 0.256 e. The lowest BCUT2D eigenvalue weighted by molar-refractivity contribution is 0.102. The van der Waals surface area contributed by atoms with Crippen LogP contribution in [-0.2, 0) is 6.54 Å². The zero-order valence-corrected chi connectivity index (χ0v) is 17.3. The van der Waals surface area contributed by atoms with Crippen molar-refractivity contribution in [2.24, 2.45) is 0 Å². The van der Waals surface area contributed by atoms with Crippen molar-refractivity contribution in [3.05, 3.63) is 95.8 Å². The van der Waals surface area contributed by atoms with Gasteiger partial charge in [0.1, 0.15) is 5.82 Å². The van der Waals surface area contributed by atoms with Crippen LogP contribution < -0.4 is 11.1 Å². The summed E-state index contributed by atoms with van der Waals surface area (Å²) in [6.07, 6.45) is 0. The first kappa shape index (κ1) is 20.3. The second-order valence-electron chi connectivity index (χ2n) is 7.35. The Kier molecular flexibility index (Phi) is 5.19. The van der Waals surface area contributed by atoms with Crippen molar-refractivity contribution >= 4 is 28.6 Å². The first-order chi connectivity index (χ1) is 16.1. The van der Waals surface area contributed by atoms with Crippen LogP contribution in [0.5, 0.6) is 0 Å². The number of hydrogen-bond acceptors (Lipinski definition) is 6. The van der Waals surface area contributed by atoms with Gasteiger partial charge in [0, 0.05) is 22.4 Å². The van der Waals surface area contributed by atoms with Gasteiger partial charge in [-0.1, -0.05) is 59.8 Å². The van der Waals surface area contributed by atoms with Gasteiger partial charge < -0.3 is 11.1 Å². The van der Waals surface area contributed by atoms with E-state index in [2.05, 4.69) is 25.6 Å². The molecule has 0 aliphatic rings. The predicted octanol–water partition coefficient (Wildman–Crippen LogP) is 3.91. The van der Waals surface area contributed by atoms with E-state index in [0.29, 0.717) is 33.8 Å². The number of carbonyl (C=O) groups excluding carboxylic acids is 1. The molecule has 0 bridgehead atoms. The molecular formula is C24H18FN7O. The van der Waals surface area contributed by atoms with E-state index in [-0.39, 0.29) is 18.2 Å². The first-order valence-corrected chi connectivity index (χ1v) is 10.2. The van der Waals surface area contributed by atoms with Crippen LogP contribution in [0.4, 0.5) is 15.9 Å². The van der Waals surface area contributed by atoms with E-state index in [1.54, 1.807) is 42.5 Å². The van der Waals surface area contributed by atoms with E-state index in [4.69, 9.17) is 5.73 Å². The number of carbonyl (C=O) groups is 1. The number of aromatic nitrogens is 5. The molecule has 0 saturated heterocycles. The molecule has 0 fully saturated rings.